The molecule has 0 bridgehead atoms. The van der Waals surface area contributed by atoms with Crippen molar-refractivity contribution in [2.75, 3.05) is 26.2 Å². The van der Waals surface area contributed by atoms with Crippen LogP contribution >= 0.6 is 0 Å². The number of fused-ring (bicyclic) bond motifs is 1. The lowest BCUT2D eigenvalue weighted by atomic mass is 10.3. The van der Waals surface area contributed by atoms with Gasteiger partial charge in [-0.25, -0.2) is 9.98 Å². The minimum absolute atomic E-state index is 0.312. The molecule has 3 rings (SSSR count). The number of hydrogen-bond acceptors (Lipinski definition) is 6. The molecule has 0 aromatic carbocycles. The molecule has 0 aromatic rings. The van der Waals surface area contributed by atoms with Gasteiger partial charge in [0.15, 0.2) is 5.71 Å². The van der Waals surface area contributed by atoms with E-state index in [0.717, 1.165) is 32.6 Å². The Balaban J connectivity index is 1.84. The number of rotatable bonds is 0. The molecule has 3 aliphatic rings. The zero-order valence-electron chi connectivity index (χ0n) is 9.26. The number of guanidine groups is 1. The summed E-state index contributed by atoms with van der Waals surface area (Å²) in [4.78, 5) is 22.1. The quantitative estimate of drug-likeness (QED) is 0.634. The first-order valence-electron chi connectivity index (χ1n) is 5.63. The second kappa shape index (κ2) is 4.17. The highest BCUT2D eigenvalue weighted by molar-refractivity contribution is 6.48. The van der Waals surface area contributed by atoms with Gasteiger partial charge >= 0.3 is 5.91 Å². The van der Waals surface area contributed by atoms with E-state index in [1.54, 1.807) is 0 Å². The minimum Gasteiger partial charge on any atom is -0.339 e. The van der Waals surface area contributed by atoms with Crippen LogP contribution in [-0.2, 0) is 4.79 Å². The second-order valence-corrected chi connectivity index (χ2v) is 4.00. The van der Waals surface area contributed by atoms with Crippen molar-refractivity contribution in [1.82, 2.24) is 10.2 Å². The second-order valence-electron chi connectivity index (χ2n) is 4.00. The number of amides is 1. The highest BCUT2D eigenvalue weighted by atomic mass is 16.2. The molecular weight excluding hydrogens is 220 g/mol. The number of nitrogens with one attached hydrogen (secondary N) is 1. The van der Waals surface area contributed by atoms with E-state index in [1.807, 2.05) is 0 Å². The maximum Gasteiger partial charge on any atom is 0.316 e. The molecule has 17 heavy (non-hydrogen) atoms. The largest absolute Gasteiger partial charge is 0.339 e. The first-order chi connectivity index (χ1) is 8.34. The lowest BCUT2D eigenvalue weighted by Crippen LogP contribution is -2.32. The van der Waals surface area contributed by atoms with Crippen LogP contribution in [0.1, 0.15) is 6.42 Å². The fourth-order valence-electron chi connectivity index (χ4n) is 1.96. The summed E-state index contributed by atoms with van der Waals surface area (Å²) in [5.41, 5.74) is 0.837. The van der Waals surface area contributed by atoms with Crippen molar-refractivity contribution in [2.45, 2.75) is 6.42 Å². The Hall–Kier alpha value is -1.89. The number of nitrogens with zero attached hydrogens (tertiary/aromatic N) is 5. The Labute approximate surface area is 98.0 Å². The number of carbonyl (C=O) groups is 1. The third-order valence-electron chi connectivity index (χ3n) is 2.83. The van der Waals surface area contributed by atoms with Gasteiger partial charge in [0.05, 0.1) is 6.20 Å². The van der Waals surface area contributed by atoms with E-state index in [0.29, 0.717) is 17.4 Å². The lowest BCUT2D eigenvalue weighted by molar-refractivity contribution is -0.112. The fraction of sp³-hybridized carbons (Fsp3) is 0.500. The normalized spacial score (nSPS) is 23.9. The predicted octanol–water partition coefficient (Wildman–Crippen LogP) is -0.0739. The van der Waals surface area contributed by atoms with Crippen LogP contribution in [0.15, 0.2) is 32.1 Å². The summed E-state index contributed by atoms with van der Waals surface area (Å²) in [7, 11) is 0. The molecule has 1 amide bonds. The smallest absolute Gasteiger partial charge is 0.316 e. The van der Waals surface area contributed by atoms with Crippen LogP contribution in [-0.4, -0.2) is 48.7 Å². The van der Waals surface area contributed by atoms with E-state index in [1.165, 1.54) is 6.20 Å². The molecule has 3 heterocycles. The topological polar surface area (TPSA) is 81.8 Å². The predicted molar refractivity (Wildman–Crippen MR) is 61.9 cm³/mol. The molecular formula is C10H12N6O. The molecule has 7 nitrogen and oxygen atoms in total. The Bertz CT molecular complexity index is 467. The molecule has 0 unspecified atom stereocenters. The molecule has 3 aliphatic heterocycles. The van der Waals surface area contributed by atoms with Gasteiger partial charge in [-0.05, 0) is 13.0 Å². The van der Waals surface area contributed by atoms with Crippen molar-refractivity contribution in [3.63, 3.8) is 0 Å². The van der Waals surface area contributed by atoms with Gasteiger partial charge < -0.3 is 10.2 Å². The first-order valence-corrected chi connectivity index (χ1v) is 5.63. The van der Waals surface area contributed by atoms with Crippen molar-refractivity contribution in [3.8, 4) is 0 Å². The average Bonchev–Trinajstić information content (AvgIpc) is 2.59. The van der Waals surface area contributed by atoms with Gasteiger partial charge in [-0.1, -0.05) is 0 Å². The zero-order chi connectivity index (χ0) is 11.7. The highest BCUT2D eigenvalue weighted by Crippen LogP contribution is 2.17. The van der Waals surface area contributed by atoms with Crippen molar-refractivity contribution < 1.29 is 4.79 Å². The number of aliphatic imine (C=N–C) groups is 2. The molecule has 1 saturated heterocycles. The Morgan fingerprint density at radius 3 is 3.06 bits per heavy atom. The summed E-state index contributed by atoms with van der Waals surface area (Å²) in [6.07, 6.45) is 2.52. The monoisotopic (exact) mass is 232 g/mol. The van der Waals surface area contributed by atoms with Gasteiger partial charge in [-0.15, -0.1) is 5.11 Å². The standard InChI is InChI=1S/C10H12N6O/c17-9-8-7(6-12-15-9)13-10(14-8)16-4-1-2-11-3-5-16/h6,11H,1-5H2. The molecule has 0 atom stereocenters. The van der Waals surface area contributed by atoms with Gasteiger partial charge in [-0.2, -0.15) is 5.11 Å². The van der Waals surface area contributed by atoms with Crippen LogP contribution in [0.5, 0.6) is 0 Å². The van der Waals surface area contributed by atoms with Gasteiger partial charge in [0.2, 0.25) is 5.96 Å². The molecule has 1 fully saturated rings. The summed E-state index contributed by atoms with van der Waals surface area (Å²) in [6, 6.07) is 0. The van der Waals surface area contributed by atoms with Crippen molar-refractivity contribution in [3.05, 3.63) is 11.9 Å². The van der Waals surface area contributed by atoms with Gasteiger partial charge in [-0.3, -0.25) is 4.79 Å². The summed E-state index contributed by atoms with van der Waals surface area (Å²) in [6.45, 7) is 3.67. The van der Waals surface area contributed by atoms with Crippen molar-refractivity contribution in [1.29, 1.82) is 0 Å². The summed E-state index contributed by atoms with van der Waals surface area (Å²) >= 11 is 0. The SMILES string of the molecule is O=C1N=NC=C2N=C(N3CCCNCC3)N=C12. The van der Waals surface area contributed by atoms with E-state index >= 15 is 0 Å². The molecule has 0 spiro atoms. The van der Waals surface area contributed by atoms with Crippen LogP contribution in [0, 0.1) is 0 Å². The summed E-state index contributed by atoms with van der Waals surface area (Å²) < 4.78 is 0. The Kier molecular flexibility index (Phi) is 2.52. The minimum atomic E-state index is -0.408. The molecule has 1 N–H and O–H groups in total. The maximum absolute atomic E-state index is 11.4. The summed E-state index contributed by atoms with van der Waals surface area (Å²) in [5.74, 6) is 0.199. The molecule has 7 heteroatoms. The fourth-order valence-corrected chi connectivity index (χ4v) is 1.96. The number of hydrogen-bond donors (Lipinski definition) is 1. The molecule has 88 valence electrons. The third-order valence-corrected chi connectivity index (χ3v) is 2.83. The number of azo groups is 1. The van der Waals surface area contributed by atoms with E-state index in [-0.39, 0.29) is 0 Å². The van der Waals surface area contributed by atoms with Crippen molar-refractivity contribution >= 4 is 17.6 Å². The highest BCUT2D eigenvalue weighted by Gasteiger charge is 2.28. The van der Waals surface area contributed by atoms with Crippen molar-refractivity contribution in [2.24, 2.45) is 20.2 Å². The zero-order valence-corrected chi connectivity index (χ0v) is 9.26. The third kappa shape index (κ3) is 1.89. The molecule has 0 radical (unpaired) electrons. The number of carbonyl (C=O) groups excluding carboxylic acids is 1. The maximum atomic E-state index is 11.4. The van der Waals surface area contributed by atoms with Gasteiger partial charge in [0.1, 0.15) is 5.70 Å². The first kappa shape index (κ1) is 10.3. The van der Waals surface area contributed by atoms with E-state index in [4.69, 9.17) is 0 Å². The van der Waals surface area contributed by atoms with Crippen LogP contribution in [0.3, 0.4) is 0 Å². The van der Waals surface area contributed by atoms with Crippen LogP contribution in [0.25, 0.3) is 0 Å². The van der Waals surface area contributed by atoms with Crippen LogP contribution in [0.2, 0.25) is 0 Å². The van der Waals surface area contributed by atoms with Crippen LogP contribution in [0.4, 0.5) is 0 Å². The molecule has 0 saturated carbocycles. The molecule has 0 aliphatic carbocycles. The Morgan fingerprint density at radius 1 is 1.24 bits per heavy atom. The van der Waals surface area contributed by atoms with E-state index in [9.17, 15) is 4.79 Å². The van der Waals surface area contributed by atoms with Gasteiger partial charge in [0, 0.05) is 19.6 Å². The molecule has 0 aromatic heterocycles. The van der Waals surface area contributed by atoms with E-state index < -0.39 is 5.91 Å². The van der Waals surface area contributed by atoms with E-state index in [2.05, 4.69) is 30.4 Å². The lowest BCUT2D eigenvalue weighted by Gasteiger charge is -2.18. The van der Waals surface area contributed by atoms with Crippen LogP contribution < -0.4 is 5.32 Å². The van der Waals surface area contributed by atoms with Gasteiger partial charge in [0.25, 0.3) is 0 Å². The average molecular weight is 232 g/mol. The summed E-state index contributed by atoms with van der Waals surface area (Å²) in [5, 5.41) is 10.3. The Morgan fingerprint density at radius 2 is 2.18 bits per heavy atom.